The van der Waals surface area contributed by atoms with E-state index in [0.29, 0.717) is 23.4 Å². The van der Waals surface area contributed by atoms with Gasteiger partial charge in [-0.3, -0.25) is 0 Å². The van der Waals surface area contributed by atoms with E-state index in [0.717, 1.165) is 33.4 Å². The molecule has 1 unspecified atom stereocenters. The molecule has 3 aliphatic rings. The summed E-state index contributed by atoms with van der Waals surface area (Å²) in [4.78, 5) is 14.6. The lowest BCUT2D eigenvalue weighted by molar-refractivity contribution is 0.652. The Labute approximate surface area is 302 Å². The van der Waals surface area contributed by atoms with Crippen LogP contribution in [0.1, 0.15) is 25.0 Å². The number of nitriles is 1. The topological polar surface area (TPSA) is 62.5 Å². The van der Waals surface area contributed by atoms with Crippen molar-refractivity contribution < 1.29 is 0 Å². The fraction of sp³-hybridized carbons (Fsp3) is 0.0833. The van der Waals surface area contributed by atoms with Crippen molar-refractivity contribution in [3.63, 3.8) is 0 Å². The molecule has 10 rings (SSSR count). The molecule has 1 atom stereocenters. The molecular weight excluding hydrogens is 633 g/mol. The summed E-state index contributed by atoms with van der Waals surface area (Å²) in [6.07, 6.45) is 4.36. The maximum absolute atomic E-state index is 9.73. The number of aromatic nitrogens is 3. The number of hydrogen-bond acceptors (Lipinski definition) is 4. The largest absolute Gasteiger partial charge is 0.208 e. The van der Waals surface area contributed by atoms with Crippen LogP contribution >= 0.6 is 0 Å². The molecule has 52 heavy (non-hydrogen) atoms. The Kier molecular flexibility index (Phi) is 6.62. The van der Waals surface area contributed by atoms with Crippen LogP contribution in [-0.2, 0) is 5.41 Å². The van der Waals surface area contributed by atoms with Gasteiger partial charge in [0.1, 0.15) is 0 Å². The van der Waals surface area contributed by atoms with Crippen molar-refractivity contribution >= 4 is 16.3 Å². The molecule has 0 fully saturated rings. The maximum atomic E-state index is 9.73. The molecule has 4 nitrogen and oxygen atoms in total. The van der Waals surface area contributed by atoms with Gasteiger partial charge in [-0.25, -0.2) is 15.0 Å². The molecule has 244 valence electrons. The predicted molar refractivity (Wildman–Crippen MR) is 210 cm³/mol. The monoisotopic (exact) mass is 664 g/mol. The van der Waals surface area contributed by atoms with Crippen LogP contribution in [0.15, 0.2) is 168 Å². The van der Waals surface area contributed by atoms with E-state index < -0.39 is 0 Å². The van der Waals surface area contributed by atoms with Gasteiger partial charge in [0.25, 0.3) is 0 Å². The van der Waals surface area contributed by atoms with Crippen molar-refractivity contribution in [2.24, 2.45) is 5.92 Å². The average molecular weight is 665 g/mol. The van der Waals surface area contributed by atoms with Crippen molar-refractivity contribution in [2.45, 2.75) is 19.3 Å². The smallest absolute Gasteiger partial charge is 0.164 e. The van der Waals surface area contributed by atoms with E-state index in [-0.39, 0.29) is 5.41 Å². The van der Waals surface area contributed by atoms with Crippen molar-refractivity contribution in [3.8, 4) is 62.5 Å². The van der Waals surface area contributed by atoms with E-state index in [4.69, 9.17) is 15.0 Å². The molecule has 1 aromatic heterocycles. The molecule has 4 heteroatoms. The number of fused-ring (bicyclic) bond motifs is 5. The number of nitrogens with zero attached hydrogens (tertiary/aromatic N) is 4. The molecular formula is C48H32N4. The minimum Gasteiger partial charge on any atom is -0.208 e. The normalized spacial score (nSPS) is 16.4. The first-order valence-electron chi connectivity index (χ1n) is 17.7. The molecule has 0 aliphatic heterocycles. The van der Waals surface area contributed by atoms with Crippen LogP contribution in [0.25, 0.3) is 72.8 Å². The number of allylic oxidation sites excluding steroid dienone is 6. The van der Waals surface area contributed by atoms with Gasteiger partial charge >= 0.3 is 0 Å². The lowest BCUT2D eigenvalue weighted by atomic mass is 9.78. The Morgan fingerprint density at radius 3 is 1.63 bits per heavy atom. The van der Waals surface area contributed by atoms with Crippen molar-refractivity contribution in [2.75, 3.05) is 0 Å². The number of rotatable bonds is 5. The van der Waals surface area contributed by atoms with Gasteiger partial charge in [0.15, 0.2) is 17.5 Å². The molecule has 0 saturated carbocycles. The van der Waals surface area contributed by atoms with E-state index in [1.54, 1.807) is 0 Å². The van der Waals surface area contributed by atoms with Gasteiger partial charge in [0, 0.05) is 28.0 Å². The summed E-state index contributed by atoms with van der Waals surface area (Å²) in [6, 6.07) is 51.4. The third-order valence-corrected chi connectivity index (χ3v) is 10.9. The lowest BCUT2D eigenvalue weighted by Gasteiger charge is -2.24. The Morgan fingerprint density at radius 2 is 1.04 bits per heavy atom. The highest BCUT2D eigenvalue weighted by molar-refractivity contribution is 5.95. The van der Waals surface area contributed by atoms with Crippen molar-refractivity contribution in [3.05, 3.63) is 180 Å². The number of benzene rings is 6. The zero-order valence-electron chi connectivity index (χ0n) is 28.8. The second-order valence-corrected chi connectivity index (χ2v) is 14.4. The van der Waals surface area contributed by atoms with Gasteiger partial charge in [0.05, 0.1) is 11.6 Å². The minimum atomic E-state index is -0.158. The highest BCUT2D eigenvalue weighted by atomic mass is 15.0. The summed E-state index contributed by atoms with van der Waals surface area (Å²) in [7, 11) is 0. The molecule has 0 saturated heterocycles. The third kappa shape index (κ3) is 4.86. The van der Waals surface area contributed by atoms with Gasteiger partial charge in [-0.1, -0.05) is 141 Å². The van der Waals surface area contributed by atoms with Crippen LogP contribution in [0.4, 0.5) is 0 Å². The fourth-order valence-corrected chi connectivity index (χ4v) is 8.00. The molecule has 0 radical (unpaired) electrons. The second-order valence-electron chi connectivity index (χ2n) is 14.4. The molecule has 0 N–H and O–H groups in total. The first-order chi connectivity index (χ1) is 25.4. The molecule has 0 bridgehead atoms. The van der Waals surface area contributed by atoms with Crippen LogP contribution in [0.5, 0.6) is 0 Å². The summed E-state index contributed by atoms with van der Waals surface area (Å²) in [6.45, 7) is 4.58. The Morgan fingerprint density at radius 1 is 0.538 bits per heavy atom. The van der Waals surface area contributed by atoms with Crippen LogP contribution in [0.2, 0.25) is 0 Å². The molecule has 1 heterocycles. The van der Waals surface area contributed by atoms with Gasteiger partial charge in [-0.2, -0.15) is 5.26 Å². The summed E-state index contributed by atoms with van der Waals surface area (Å²) in [5, 5.41) is 12.1. The molecule has 0 amide bonds. The summed E-state index contributed by atoms with van der Waals surface area (Å²) < 4.78 is 0. The zero-order chi connectivity index (χ0) is 35.0. The summed E-state index contributed by atoms with van der Waals surface area (Å²) >= 11 is 0. The summed E-state index contributed by atoms with van der Waals surface area (Å²) in [5.41, 5.74) is 14.7. The Hall–Kier alpha value is -6.70. The van der Waals surface area contributed by atoms with E-state index in [1.807, 2.05) is 60.7 Å². The third-order valence-electron chi connectivity index (χ3n) is 10.9. The van der Waals surface area contributed by atoms with E-state index in [1.165, 1.54) is 49.7 Å². The van der Waals surface area contributed by atoms with Gasteiger partial charge in [-0.05, 0) is 85.1 Å². The van der Waals surface area contributed by atoms with Crippen molar-refractivity contribution in [1.29, 1.82) is 5.26 Å². The SMILES string of the molecule is CC1(C)C2=C(c3ccc(-c4ccc5ccc(-c6ccc(-c7nc(-c8ccccc8)nc(-c8ccccc8)n7)cc6)cc5c4)cc31)C1C=C1C(C#N)=C2. The van der Waals surface area contributed by atoms with Gasteiger partial charge in [0.2, 0.25) is 0 Å². The fourth-order valence-electron chi connectivity index (χ4n) is 8.00. The van der Waals surface area contributed by atoms with Crippen LogP contribution in [0, 0.1) is 17.2 Å². The first-order valence-corrected chi connectivity index (χ1v) is 17.7. The first kappa shape index (κ1) is 30.2. The van der Waals surface area contributed by atoms with Crippen LogP contribution in [0.3, 0.4) is 0 Å². The van der Waals surface area contributed by atoms with Crippen molar-refractivity contribution in [1.82, 2.24) is 15.0 Å². The second kappa shape index (κ2) is 11.4. The lowest BCUT2D eigenvalue weighted by Crippen LogP contribution is -2.17. The van der Waals surface area contributed by atoms with Crippen LogP contribution in [-0.4, -0.2) is 15.0 Å². The standard InChI is InChI=1S/C48H32N4/c1-48(2)42-25-36(21-22-39(42)44-41-27-40(41)38(28-49)26-43(44)48)35-20-16-30-15-19-34(23-37(30)24-35)29-13-17-33(18-14-29)47-51-45(31-9-5-3-6-10-31)50-46(52-47)32-11-7-4-8-12-32/h3-27,41H,1-2H3. The highest BCUT2D eigenvalue weighted by Crippen LogP contribution is 2.59. The molecule has 0 spiro atoms. The van der Waals surface area contributed by atoms with Gasteiger partial charge in [-0.15, -0.1) is 0 Å². The Bertz CT molecular complexity index is 2690. The minimum absolute atomic E-state index is 0.158. The predicted octanol–water partition coefficient (Wildman–Crippen LogP) is 11.4. The Balaban J connectivity index is 0.973. The number of hydrogen-bond donors (Lipinski definition) is 0. The zero-order valence-corrected chi connectivity index (χ0v) is 28.8. The van der Waals surface area contributed by atoms with Gasteiger partial charge < -0.3 is 0 Å². The van der Waals surface area contributed by atoms with E-state index in [2.05, 4.69) is 111 Å². The van der Waals surface area contributed by atoms with E-state index >= 15 is 0 Å². The van der Waals surface area contributed by atoms with E-state index in [9.17, 15) is 5.26 Å². The maximum Gasteiger partial charge on any atom is 0.164 e. The van der Waals surface area contributed by atoms with Crippen LogP contribution < -0.4 is 0 Å². The molecule has 7 aromatic rings. The highest BCUT2D eigenvalue weighted by Gasteiger charge is 2.46. The summed E-state index contributed by atoms with van der Waals surface area (Å²) in [5.74, 6) is 2.25. The quantitative estimate of drug-likeness (QED) is 0.184. The molecule has 6 aromatic carbocycles. The molecule has 3 aliphatic carbocycles. The average Bonchev–Trinajstić information content (AvgIpc) is 3.97.